The van der Waals surface area contributed by atoms with E-state index < -0.39 is 24.6 Å². The Balaban J connectivity index is 2.05. The van der Waals surface area contributed by atoms with Crippen molar-refractivity contribution in [3.8, 4) is 0 Å². The predicted molar refractivity (Wildman–Crippen MR) is 65.2 cm³/mol. The number of hydrogen-bond donors (Lipinski definition) is 1. The summed E-state index contributed by atoms with van der Waals surface area (Å²) < 4.78 is 37.9. The highest BCUT2D eigenvalue weighted by atomic mass is 32.1. The molecule has 106 valence electrons. The fraction of sp³-hybridized carbons (Fsp3) is 0.583. The Labute approximate surface area is 112 Å². The minimum atomic E-state index is -4.64. The first kappa shape index (κ1) is 14.3. The minimum absolute atomic E-state index is 0.0772. The second-order valence-electron chi connectivity index (χ2n) is 4.75. The Morgan fingerprint density at radius 1 is 1.42 bits per heavy atom. The summed E-state index contributed by atoms with van der Waals surface area (Å²) in [5.74, 6) is -0.253. The molecule has 0 unspecified atom stereocenters. The van der Waals surface area contributed by atoms with Crippen molar-refractivity contribution < 1.29 is 23.1 Å². The summed E-state index contributed by atoms with van der Waals surface area (Å²) in [5.41, 5.74) is -1.83. The maximum absolute atomic E-state index is 12.6. The molecular formula is C12H14F3NO2S. The first-order valence-corrected chi connectivity index (χ1v) is 6.75. The van der Waals surface area contributed by atoms with Crippen molar-refractivity contribution in [1.29, 1.82) is 0 Å². The van der Waals surface area contributed by atoms with Gasteiger partial charge in [-0.15, -0.1) is 11.3 Å². The number of amides is 1. The molecule has 0 aliphatic carbocycles. The number of nitrogens with zero attached hydrogens (tertiary/aromatic N) is 1. The molecule has 1 saturated heterocycles. The largest absolute Gasteiger partial charge is 0.417 e. The molecule has 7 heteroatoms. The molecule has 1 aliphatic heterocycles. The molecular weight excluding hydrogens is 279 g/mol. The standard InChI is InChI=1S/C12H14F3NO2S/c1-8-2-7-19-9(8)10(17)16-5-3-11(18,4-6-16)12(13,14)15/h2,7,18H,3-6H2,1H3. The highest BCUT2D eigenvalue weighted by Gasteiger charge is 2.54. The number of halogens is 3. The van der Waals surface area contributed by atoms with E-state index in [0.29, 0.717) is 4.88 Å². The van der Waals surface area contributed by atoms with E-state index in [1.54, 1.807) is 18.4 Å². The normalized spacial score (nSPS) is 19.5. The minimum Gasteiger partial charge on any atom is -0.380 e. The highest BCUT2D eigenvalue weighted by molar-refractivity contribution is 7.12. The second-order valence-corrected chi connectivity index (χ2v) is 5.67. The topological polar surface area (TPSA) is 40.5 Å². The van der Waals surface area contributed by atoms with Gasteiger partial charge in [-0.2, -0.15) is 13.2 Å². The van der Waals surface area contributed by atoms with Gasteiger partial charge in [0.25, 0.3) is 5.91 Å². The van der Waals surface area contributed by atoms with E-state index in [1.807, 2.05) is 0 Å². The van der Waals surface area contributed by atoms with Gasteiger partial charge in [0.15, 0.2) is 5.60 Å². The molecule has 1 amide bonds. The van der Waals surface area contributed by atoms with Gasteiger partial charge in [-0.05, 0) is 23.9 Å². The summed E-state index contributed by atoms with van der Waals surface area (Å²) in [6.45, 7) is 1.64. The number of alkyl halides is 3. The molecule has 1 aromatic rings. The molecule has 1 aliphatic rings. The predicted octanol–water partition coefficient (Wildman–Crippen LogP) is 2.59. The van der Waals surface area contributed by atoms with E-state index in [4.69, 9.17) is 0 Å². The average molecular weight is 293 g/mol. The van der Waals surface area contributed by atoms with E-state index in [9.17, 15) is 23.1 Å². The van der Waals surface area contributed by atoms with Crippen LogP contribution < -0.4 is 0 Å². The molecule has 0 saturated carbocycles. The van der Waals surface area contributed by atoms with Crippen molar-refractivity contribution in [2.75, 3.05) is 13.1 Å². The van der Waals surface area contributed by atoms with Crippen LogP contribution in [0.1, 0.15) is 28.1 Å². The molecule has 2 heterocycles. The third-order valence-corrected chi connectivity index (χ3v) is 4.47. The number of hydrogen-bond acceptors (Lipinski definition) is 3. The van der Waals surface area contributed by atoms with Crippen molar-refractivity contribution >= 4 is 17.2 Å². The van der Waals surface area contributed by atoms with Gasteiger partial charge in [-0.25, -0.2) is 0 Å². The van der Waals surface area contributed by atoms with Gasteiger partial charge in [0, 0.05) is 25.9 Å². The van der Waals surface area contributed by atoms with Gasteiger partial charge < -0.3 is 10.0 Å². The summed E-state index contributed by atoms with van der Waals surface area (Å²) in [6.07, 6.45) is -5.57. The summed E-state index contributed by atoms with van der Waals surface area (Å²) in [4.78, 5) is 14.0. The lowest BCUT2D eigenvalue weighted by atomic mass is 9.90. The van der Waals surface area contributed by atoms with Crippen LogP contribution in [0.2, 0.25) is 0 Å². The van der Waals surface area contributed by atoms with Gasteiger partial charge in [0.05, 0.1) is 4.88 Å². The Hall–Kier alpha value is -1.08. The van der Waals surface area contributed by atoms with Crippen molar-refractivity contribution in [2.24, 2.45) is 0 Å². The fourth-order valence-electron chi connectivity index (χ4n) is 2.10. The third kappa shape index (κ3) is 2.62. The number of rotatable bonds is 1. The van der Waals surface area contributed by atoms with Gasteiger partial charge in [-0.1, -0.05) is 0 Å². The molecule has 0 aromatic carbocycles. The average Bonchev–Trinajstić information content (AvgIpc) is 2.74. The second kappa shape index (κ2) is 4.79. The van der Waals surface area contributed by atoms with Crippen LogP contribution in [0.25, 0.3) is 0 Å². The number of aryl methyl sites for hydroxylation is 1. The number of piperidine rings is 1. The molecule has 1 fully saturated rings. The first-order valence-electron chi connectivity index (χ1n) is 5.87. The molecule has 0 radical (unpaired) electrons. The van der Waals surface area contributed by atoms with Crippen LogP contribution in [-0.4, -0.2) is 40.8 Å². The monoisotopic (exact) mass is 293 g/mol. The van der Waals surface area contributed by atoms with Crippen LogP contribution in [0.5, 0.6) is 0 Å². The lowest BCUT2D eigenvalue weighted by molar-refractivity contribution is -0.271. The van der Waals surface area contributed by atoms with E-state index >= 15 is 0 Å². The maximum Gasteiger partial charge on any atom is 0.417 e. The molecule has 3 nitrogen and oxygen atoms in total. The lowest BCUT2D eigenvalue weighted by Gasteiger charge is -2.39. The third-order valence-electron chi connectivity index (χ3n) is 3.46. The zero-order chi connectivity index (χ0) is 14.3. The van der Waals surface area contributed by atoms with Crippen molar-refractivity contribution in [1.82, 2.24) is 4.90 Å². The first-order chi connectivity index (χ1) is 8.74. The Kier molecular flexibility index (Phi) is 3.61. The highest BCUT2D eigenvalue weighted by Crippen LogP contribution is 2.38. The Morgan fingerprint density at radius 2 is 2.00 bits per heavy atom. The Bertz CT molecular complexity index is 476. The van der Waals surface area contributed by atoms with Crippen molar-refractivity contribution in [3.05, 3.63) is 21.9 Å². The summed E-state index contributed by atoms with van der Waals surface area (Å²) in [6, 6.07) is 1.80. The van der Waals surface area contributed by atoms with Crippen molar-refractivity contribution in [2.45, 2.75) is 31.5 Å². The summed E-state index contributed by atoms with van der Waals surface area (Å²) in [7, 11) is 0. The van der Waals surface area contributed by atoms with Gasteiger partial charge in [0.1, 0.15) is 0 Å². The van der Waals surface area contributed by atoms with Crippen LogP contribution in [-0.2, 0) is 0 Å². The zero-order valence-corrected chi connectivity index (χ0v) is 11.1. The molecule has 0 atom stereocenters. The summed E-state index contributed by atoms with van der Waals surface area (Å²) in [5, 5.41) is 11.3. The molecule has 0 bridgehead atoms. The van der Waals surface area contributed by atoms with E-state index in [0.717, 1.165) is 5.56 Å². The molecule has 19 heavy (non-hydrogen) atoms. The maximum atomic E-state index is 12.6. The van der Waals surface area contributed by atoms with Crippen molar-refractivity contribution in [3.63, 3.8) is 0 Å². The zero-order valence-electron chi connectivity index (χ0n) is 10.3. The summed E-state index contributed by atoms with van der Waals surface area (Å²) >= 11 is 1.28. The van der Waals surface area contributed by atoms with Crippen LogP contribution in [0.4, 0.5) is 13.2 Å². The number of carbonyl (C=O) groups is 1. The van der Waals surface area contributed by atoms with Gasteiger partial charge in [0.2, 0.25) is 0 Å². The van der Waals surface area contributed by atoms with E-state index in [-0.39, 0.29) is 19.0 Å². The van der Waals surface area contributed by atoms with E-state index in [1.165, 1.54) is 16.2 Å². The molecule has 0 spiro atoms. The molecule has 1 aromatic heterocycles. The number of aliphatic hydroxyl groups is 1. The molecule has 2 rings (SSSR count). The van der Waals surface area contributed by atoms with E-state index in [2.05, 4.69) is 0 Å². The fourth-order valence-corrected chi connectivity index (χ4v) is 2.99. The molecule has 1 N–H and O–H groups in total. The van der Waals surface area contributed by atoms with Crippen LogP contribution in [0.15, 0.2) is 11.4 Å². The number of carbonyl (C=O) groups excluding carboxylic acids is 1. The smallest absolute Gasteiger partial charge is 0.380 e. The van der Waals surface area contributed by atoms with Crippen LogP contribution in [0, 0.1) is 6.92 Å². The number of likely N-dealkylation sites (tertiary alicyclic amines) is 1. The van der Waals surface area contributed by atoms with Crippen LogP contribution in [0.3, 0.4) is 0 Å². The van der Waals surface area contributed by atoms with Gasteiger partial charge >= 0.3 is 6.18 Å². The van der Waals surface area contributed by atoms with Gasteiger partial charge in [-0.3, -0.25) is 4.79 Å². The van der Waals surface area contributed by atoms with Crippen LogP contribution >= 0.6 is 11.3 Å². The lowest BCUT2D eigenvalue weighted by Crippen LogP contribution is -2.54. The SMILES string of the molecule is Cc1ccsc1C(=O)N1CCC(O)(C(F)(F)F)CC1. The number of thiophene rings is 1. The Morgan fingerprint density at radius 3 is 2.42 bits per heavy atom. The quantitative estimate of drug-likeness (QED) is 0.864.